The van der Waals surface area contributed by atoms with Gasteiger partial charge in [-0.1, -0.05) is 0 Å². The highest BCUT2D eigenvalue weighted by molar-refractivity contribution is 4.94. The van der Waals surface area contributed by atoms with E-state index in [-0.39, 0.29) is 12.8 Å². The van der Waals surface area contributed by atoms with Gasteiger partial charge in [-0.3, -0.25) is 0 Å². The first kappa shape index (κ1) is 6.53. The summed E-state index contributed by atoms with van der Waals surface area (Å²) in [4.78, 5) is 0. The Kier molecular flexibility index (Phi) is 1.24. The van der Waals surface area contributed by atoms with Gasteiger partial charge in [-0.2, -0.15) is 0 Å². The predicted octanol–water partition coefficient (Wildman–Crippen LogP) is 1.25. The van der Waals surface area contributed by atoms with Crippen molar-refractivity contribution in [1.29, 1.82) is 0 Å². The van der Waals surface area contributed by atoms with Crippen molar-refractivity contribution in [2.24, 2.45) is 11.8 Å². The molecule has 1 heterocycles. The minimum absolute atomic E-state index is 0.138. The van der Waals surface area contributed by atoms with Gasteiger partial charge in [0.25, 0.3) is 0 Å². The van der Waals surface area contributed by atoms with E-state index in [0.29, 0.717) is 11.8 Å². The van der Waals surface area contributed by atoms with Gasteiger partial charge in [0.05, 0.1) is 0 Å². The van der Waals surface area contributed by atoms with Crippen molar-refractivity contribution in [3.8, 4) is 0 Å². The Morgan fingerprint density at radius 3 is 2.00 bits per heavy atom. The van der Waals surface area contributed by atoms with Gasteiger partial charge in [0.1, 0.15) is 0 Å². The fourth-order valence-corrected chi connectivity index (χ4v) is 1.69. The van der Waals surface area contributed by atoms with E-state index in [4.69, 9.17) is 0 Å². The van der Waals surface area contributed by atoms with E-state index in [1.165, 1.54) is 0 Å². The molecular weight excluding hydrogens is 136 g/mol. The average molecular weight is 147 g/mol. The summed E-state index contributed by atoms with van der Waals surface area (Å²) in [7, 11) is 0. The molecule has 2 aliphatic rings. The summed E-state index contributed by atoms with van der Waals surface area (Å²) in [6.07, 6.45) is 0.276. The lowest BCUT2D eigenvalue weighted by Gasteiger charge is -2.44. The van der Waals surface area contributed by atoms with E-state index in [9.17, 15) is 8.78 Å². The summed E-state index contributed by atoms with van der Waals surface area (Å²) < 4.78 is 24.6. The molecule has 2 rings (SSSR count). The lowest BCUT2D eigenvalue weighted by atomic mass is 9.71. The molecule has 0 atom stereocenters. The third-order valence-electron chi connectivity index (χ3n) is 2.60. The standard InChI is InChI=1S/C7H11F2N/c8-7(9)1-5(2-7)6-3-10-4-6/h5-6,10H,1-4H2. The van der Waals surface area contributed by atoms with Crippen LogP contribution in [0.3, 0.4) is 0 Å². The molecule has 1 N–H and O–H groups in total. The fourth-order valence-electron chi connectivity index (χ4n) is 1.69. The van der Waals surface area contributed by atoms with Crippen molar-refractivity contribution in [2.75, 3.05) is 13.1 Å². The van der Waals surface area contributed by atoms with Crippen LogP contribution >= 0.6 is 0 Å². The lowest BCUT2D eigenvalue weighted by Crippen LogP contribution is -2.52. The largest absolute Gasteiger partial charge is 0.316 e. The number of hydrogen-bond donors (Lipinski definition) is 1. The van der Waals surface area contributed by atoms with Gasteiger partial charge in [-0.15, -0.1) is 0 Å². The normalized spacial score (nSPS) is 33.0. The van der Waals surface area contributed by atoms with Crippen LogP contribution in [0.25, 0.3) is 0 Å². The third-order valence-corrected chi connectivity index (χ3v) is 2.60. The number of hydrogen-bond acceptors (Lipinski definition) is 1. The first-order valence-corrected chi connectivity index (χ1v) is 3.76. The molecule has 3 heteroatoms. The van der Waals surface area contributed by atoms with Crippen LogP contribution in [-0.4, -0.2) is 19.0 Å². The van der Waals surface area contributed by atoms with Gasteiger partial charge in [-0.05, 0) is 24.9 Å². The second-order valence-corrected chi connectivity index (χ2v) is 3.44. The molecule has 1 aliphatic carbocycles. The zero-order valence-electron chi connectivity index (χ0n) is 5.74. The second-order valence-electron chi connectivity index (χ2n) is 3.44. The Labute approximate surface area is 58.8 Å². The summed E-state index contributed by atoms with van der Waals surface area (Å²) in [5, 5.41) is 3.09. The van der Waals surface area contributed by atoms with Crippen LogP contribution in [0.15, 0.2) is 0 Å². The molecule has 1 saturated carbocycles. The molecule has 0 bridgehead atoms. The predicted molar refractivity (Wildman–Crippen MR) is 34.0 cm³/mol. The summed E-state index contributed by atoms with van der Waals surface area (Å²) in [6, 6.07) is 0. The Hall–Kier alpha value is -0.180. The van der Waals surface area contributed by atoms with Crippen LogP contribution < -0.4 is 5.32 Å². The summed E-state index contributed by atoms with van der Waals surface area (Å²) >= 11 is 0. The van der Waals surface area contributed by atoms with E-state index in [0.717, 1.165) is 13.1 Å². The molecule has 0 aromatic rings. The number of halogens is 2. The molecular formula is C7H11F2N. The van der Waals surface area contributed by atoms with Crippen LogP contribution in [0.5, 0.6) is 0 Å². The zero-order chi connectivity index (χ0) is 7.19. The van der Waals surface area contributed by atoms with E-state index < -0.39 is 5.92 Å². The molecule has 2 fully saturated rings. The fraction of sp³-hybridized carbons (Fsp3) is 1.00. The minimum Gasteiger partial charge on any atom is -0.316 e. The monoisotopic (exact) mass is 147 g/mol. The summed E-state index contributed by atoms with van der Waals surface area (Å²) in [5.41, 5.74) is 0. The summed E-state index contributed by atoms with van der Waals surface area (Å²) in [5.74, 6) is -1.45. The first-order valence-electron chi connectivity index (χ1n) is 3.76. The van der Waals surface area contributed by atoms with E-state index >= 15 is 0 Å². The van der Waals surface area contributed by atoms with Crippen molar-refractivity contribution in [1.82, 2.24) is 5.32 Å². The number of nitrogens with one attached hydrogen (secondary N) is 1. The number of alkyl halides is 2. The van der Waals surface area contributed by atoms with E-state index in [1.807, 2.05) is 0 Å². The molecule has 0 radical (unpaired) electrons. The van der Waals surface area contributed by atoms with E-state index in [1.54, 1.807) is 0 Å². The molecule has 0 unspecified atom stereocenters. The van der Waals surface area contributed by atoms with Crippen molar-refractivity contribution < 1.29 is 8.78 Å². The molecule has 58 valence electrons. The highest BCUT2D eigenvalue weighted by Gasteiger charge is 2.49. The highest BCUT2D eigenvalue weighted by Crippen LogP contribution is 2.46. The van der Waals surface area contributed by atoms with Crippen LogP contribution in [0.2, 0.25) is 0 Å². The lowest BCUT2D eigenvalue weighted by molar-refractivity contribution is -0.131. The SMILES string of the molecule is FC1(F)CC(C2CNC2)C1. The van der Waals surface area contributed by atoms with Gasteiger partial charge >= 0.3 is 0 Å². The van der Waals surface area contributed by atoms with Crippen molar-refractivity contribution in [3.63, 3.8) is 0 Å². The Morgan fingerprint density at radius 1 is 1.10 bits per heavy atom. The van der Waals surface area contributed by atoms with Gasteiger partial charge in [0, 0.05) is 12.8 Å². The molecule has 1 saturated heterocycles. The Bertz CT molecular complexity index is 135. The first-order chi connectivity index (χ1) is 4.67. The maximum Gasteiger partial charge on any atom is 0.248 e. The second kappa shape index (κ2) is 1.91. The smallest absolute Gasteiger partial charge is 0.248 e. The number of rotatable bonds is 1. The summed E-state index contributed by atoms with van der Waals surface area (Å²) in [6.45, 7) is 1.92. The van der Waals surface area contributed by atoms with Crippen molar-refractivity contribution >= 4 is 0 Å². The van der Waals surface area contributed by atoms with Crippen LogP contribution in [0.4, 0.5) is 8.78 Å². The van der Waals surface area contributed by atoms with Gasteiger partial charge < -0.3 is 5.32 Å². The van der Waals surface area contributed by atoms with Crippen LogP contribution in [0, 0.1) is 11.8 Å². The third kappa shape index (κ3) is 0.926. The minimum atomic E-state index is -2.32. The average Bonchev–Trinajstić information content (AvgIpc) is 1.54. The van der Waals surface area contributed by atoms with Crippen molar-refractivity contribution in [3.05, 3.63) is 0 Å². The molecule has 0 spiro atoms. The van der Waals surface area contributed by atoms with Crippen molar-refractivity contribution in [2.45, 2.75) is 18.8 Å². The topological polar surface area (TPSA) is 12.0 Å². The zero-order valence-corrected chi connectivity index (χ0v) is 5.74. The molecule has 0 amide bonds. The molecule has 0 aromatic carbocycles. The van der Waals surface area contributed by atoms with Gasteiger partial charge in [0.15, 0.2) is 0 Å². The van der Waals surface area contributed by atoms with E-state index in [2.05, 4.69) is 5.32 Å². The Balaban J connectivity index is 1.79. The maximum atomic E-state index is 12.3. The van der Waals surface area contributed by atoms with Crippen LogP contribution in [-0.2, 0) is 0 Å². The highest BCUT2D eigenvalue weighted by atomic mass is 19.3. The molecule has 0 aromatic heterocycles. The van der Waals surface area contributed by atoms with Gasteiger partial charge in [-0.25, -0.2) is 8.78 Å². The molecule has 1 nitrogen and oxygen atoms in total. The van der Waals surface area contributed by atoms with Gasteiger partial charge in [0.2, 0.25) is 5.92 Å². The Morgan fingerprint density at radius 2 is 1.70 bits per heavy atom. The molecule has 1 aliphatic heterocycles. The molecule has 10 heavy (non-hydrogen) atoms. The maximum absolute atomic E-state index is 12.3. The van der Waals surface area contributed by atoms with Crippen LogP contribution in [0.1, 0.15) is 12.8 Å². The quantitative estimate of drug-likeness (QED) is 0.588.